The van der Waals surface area contributed by atoms with Crippen LogP contribution in [0.25, 0.3) is 0 Å². The van der Waals surface area contributed by atoms with E-state index in [1.165, 1.54) is 37.9 Å². The van der Waals surface area contributed by atoms with E-state index in [2.05, 4.69) is 29.8 Å². The maximum atomic E-state index is 8.86. The van der Waals surface area contributed by atoms with E-state index in [9.17, 15) is 0 Å². The number of nitriles is 1. The van der Waals surface area contributed by atoms with Gasteiger partial charge in [0, 0.05) is 19.3 Å². The standard InChI is InChI=1S/C15H21N3/c1-3-15(4-2)6-8-18(12-15)11-13-5-7-17-14(9-13)10-16/h5,7,9H,3-4,6,8,11-12H2,1-2H3. The van der Waals surface area contributed by atoms with E-state index in [-0.39, 0.29) is 0 Å². The first-order valence-corrected chi connectivity index (χ1v) is 6.79. The zero-order valence-corrected chi connectivity index (χ0v) is 11.3. The summed E-state index contributed by atoms with van der Waals surface area (Å²) in [6.45, 7) is 7.90. The van der Waals surface area contributed by atoms with Gasteiger partial charge in [0.05, 0.1) is 0 Å². The number of aromatic nitrogens is 1. The Bertz CT molecular complexity index is 443. The highest BCUT2D eigenvalue weighted by molar-refractivity contribution is 5.25. The summed E-state index contributed by atoms with van der Waals surface area (Å²) in [7, 11) is 0. The molecule has 1 aliphatic rings. The summed E-state index contributed by atoms with van der Waals surface area (Å²) in [6.07, 6.45) is 5.56. The van der Waals surface area contributed by atoms with Crippen molar-refractivity contribution in [2.45, 2.75) is 39.7 Å². The third-order valence-electron chi connectivity index (χ3n) is 4.36. The fourth-order valence-corrected chi connectivity index (χ4v) is 2.88. The summed E-state index contributed by atoms with van der Waals surface area (Å²) in [5.41, 5.74) is 2.24. The molecule has 18 heavy (non-hydrogen) atoms. The number of hydrogen-bond acceptors (Lipinski definition) is 3. The van der Waals surface area contributed by atoms with Crippen LogP contribution in [0.15, 0.2) is 18.3 Å². The van der Waals surface area contributed by atoms with Gasteiger partial charge in [-0.15, -0.1) is 0 Å². The number of likely N-dealkylation sites (tertiary alicyclic amines) is 1. The first-order valence-electron chi connectivity index (χ1n) is 6.79. The molecule has 0 spiro atoms. The molecule has 1 saturated heterocycles. The van der Waals surface area contributed by atoms with Crippen LogP contribution in [0.3, 0.4) is 0 Å². The lowest BCUT2D eigenvalue weighted by Gasteiger charge is -2.26. The highest BCUT2D eigenvalue weighted by Gasteiger charge is 2.34. The second kappa shape index (κ2) is 5.49. The van der Waals surface area contributed by atoms with E-state index in [1.807, 2.05) is 12.1 Å². The molecule has 0 amide bonds. The molecule has 0 N–H and O–H groups in total. The van der Waals surface area contributed by atoms with Gasteiger partial charge in [-0.1, -0.05) is 13.8 Å². The molecule has 3 heteroatoms. The Balaban J connectivity index is 2.01. The molecule has 1 aromatic heterocycles. The van der Waals surface area contributed by atoms with Crippen molar-refractivity contribution in [2.24, 2.45) is 5.41 Å². The quantitative estimate of drug-likeness (QED) is 0.816. The molecule has 2 rings (SSSR count). The number of hydrogen-bond donors (Lipinski definition) is 0. The van der Waals surface area contributed by atoms with Crippen molar-refractivity contribution >= 4 is 0 Å². The van der Waals surface area contributed by atoms with Crippen LogP contribution < -0.4 is 0 Å². The van der Waals surface area contributed by atoms with Gasteiger partial charge >= 0.3 is 0 Å². The number of rotatable bonds is 4. The zero-order chi connectivity index (χ0) is 13.0. The smallest absolute Gasteiger partial charge is 0.140 e. The molecular formula is C15H21N3. The molecule has 0 aromatic carbocycles. The van der Waals surface area contributed by atoms with Crippen molar-refractivity contribution in [1.82, 2.24) is 9.88 Å². The van der Waals surface area contributed by atoms with Crippen molar-refractivity contribution in [2.75, 3.05) is 13.1 Å². The van der Waals surface area contributed by atoms with E-state index < -0.39 is 0 Å². The Hall–Kier alpha value is -1.40. The van der Waals surface area contributed by atoms with Gasteiger partial charge in [-0.05, 0) is 48.9 Å². The monoisotopic (exact) mass is 243 g/mol. The Kier molecular flexibility index (Phi) is 3.98. The second-order valence-electron chi connectivity index (χ2n) is 5.33. The van der Waals surface area contributed by atoms with Gasteiger partial charge in [-0.2, -0.15) is 5.26 Å². The summed E-state index contributed by atoms with van der Waals surface area (Å²) in [6, 6.07) is 6.01. The van der Waals surface area contributed by atoms with Crippen molar-refractivity contribution in [3.05, 3.63) is 29.6 Å². The van der Waals surface area contributed by atoms with E-state index in [1.54, 1.807) is 6.20 Å². The normalized spacial score (nSPS) is 18.7. The molecule has 3 nitrogen and oxygen atoms in total. The van der Waals surface area contributed by atoms with Crippen molar-refractivity contribution in [3.63, 3.8) is 0 Å². The van der Waals surface area contributed by atoms with Crippen LogP contribution in [-0.2, 0) is 6.54 Å². The average molecular weight is 243 g/mol. The predicted molar refractivity (Wildman–Crippen MR) is 71.9 cm³/mol. The van der Waals surface area contributed by atoms with Crippen molar-refractivity contribution in [1.29, 1.82) is 5.26 Å². The van der Waals surface area contributed by atoms with Gasteiger partial charge in [-0.3, -0.25) is 4.90 Å². The van der Waals surface area contributed by atoms with Gasteiger partial charge in [0.2, 0.25) is 0 Å². The van der Waals surface area contributed by atoms with E-state index in [0.717, 1.165) is 6.54 Å². The minimum Gasteiger partial charge on any atom is -0.299 e. The molecule has 1 aromatic rings. The van der Waals surface area contributed by atoms with Gasteiger partial charge in [0.15, 0.2) is 0 Å². The molecule has 0 unspecified atom stereocenters. The number of nitrogens with zero attached hydrogens (tertiary/aromatic N) is 3. The Morgan fingerprint density at radius 3 is 2.83 bits per heavy atom. The minimum absolute atomic E-state index is 0.518. The maximum absolute atomic E-state index is 8.86. The first-order chi connectivity index (χ1) is 8.71. The van der Waals surface area contributed by atoms with Gasteiger partial charge in [0.1, 0.15) is 11.8 Å². The SMILES string of the molecule is CCC1(CC)CCN(Cc2ccnc(C#N)c2)C1. The van der Waals surface area contributed by atoms with Crippen molar-refractivity contribution < 1.29 is 0 Å². The third kappa shape index (κ3) is 2.70. The summed E-state index contributed by atoms with van der Waals surface area (Å²) < 4.78 is 0. The van der Waals surface area contributed by atoms with Crippen LogP contribution in [0.5, 0.6) is 0 Å². The molecule has 0 aliphatic carbocycles. The average Bonchev–Trinajstić information content (AvgIpc) is 2.83. The summed E-state index contributed by atoms with van der Waals surface area (Å²) in [5, 5.41) is 8.86. The molecule has 2 heterocycles. The van der Waals surface area contributed by atoms with Gasteiger partial charge in [-0.25, -0.2) is 4.98 Å². The second-order valence-corrected chi connectivity index (χ2v) is 5.33. The molecule has 0 saturated carbocycles. The fraction of sp³-hybridized carbons (Fsp3) is 0.600. The molecule has 0 atom stereocenters. The van der Waals surface area contributed by atoms with E-state index in [0.29, 0.717) is 11.1 Å². The summed E-state index contributed by atoms with van der Waals surface area (Å²) in [4.78, 5) is 6.52. The highest BCUT2D eigenvalue weighted by atomic mass is 15.2. The van der Waals surface area contributed by atoms with Crippen LogP contribution in [0, 0.1) is 16.7 Å². The first kappa shape index (κ1) is 13.0. The Labute approximate surface area is 109 Å². The Morgan fingerprint density at radius 1 is 1.44 bits per heavy atom. The van der Waals surface area contributed by atoms with Gasteiger partial charge < -0.3 is 0 Å². The van der Waals surface area contributed by atoms with Crippen LogP contribution in [0.1, 0.15) is 44.4 Å². The van der Waals surface area contributed by atoms with Gasteiger partial charge in [0.25, 0.3) is 0 Å². The molecule has 0 radical (unpaired) electrons. The third-order valence-corrected chi connectivity index (χ3v) is 4.36. The fourth-order valence-electron chi connectivity index (χ4n) is 2.88. The zero-order valence-electron chi connectivity index (χ0n) is 11.3. The van der Waals surface area contributed by atoms with Crippen LogP contribution >= 0.6 is 0 Å². The highest BCUT2D eigenvalue weighted by Crippen LogP contribution is 2.37. The van der Waals surface area contributed by atoms with Crippen molar-refractivity contribution in [3.8, 4) is 6.07 Å². The van der Waals surface area contributed by atoms with E-state index >= 15 is 0 Å². The van der Waals surface area contributed by atoms with Crippen LogP contribution in [0.2, 0.25) is 0 Å². The predicted octanol–water partition coefficient (Wildman–Crippen LogP) is 2.97. The number of pyridine rings is 1. The lowest BCUT2D eigenvalue weighted by atomic mass is 9.82. The molecule has 1 fully saturated rings. The summed E-state index contributed by atoms with van der Waals surface area (Å²) in [5.74, 6) is 0. The topological polar surface area (TPSA) is 39.9 Å². The lowest BCUT2D eigenvalue weighted by molar-refractivity contribution is 0.236. The van der Waals surface area contributed by atoms with E-state index in [4.69, 9.17) is 5.26 Å². The lowest BCUT2D eigenvalue weighted by Crippen LogP contribution is -2.26. The van der Waals surface area contributed by atoms with Crippen LogP contribution in [-0.4, -0.2) is 23.0 Å². The van der Waals surface area contributed by atoms with Crippen LogP contribution in [0.4, 0.5) is 0 Å². The molecule has 1 aliphatic heterocycles. The maximum Gasteiger partial charge on any atom is 0.140 e. The molecular weight excluding hydrogens is 222 g/mol. The summed E-state index contributed by atoms with van der Waals surface area (Å²) >= 11 is 0. The molecule has 0 bridgehead atoms. The molecule has 96 valence electrons. The minimum atomic E-state index is 0.518. The largest absolute Gasteiger partial charge is 0.299 e. The Morgan fingerprint density at radius 2 is 2.22 bits per heavy atom.